The molecule has 10 heteroatoms. The highest BCUT2D eigenvalue weighted by Crippen LogP contribution is 2.52. The van der Waals surface area contributed by atoms with Gasteiger partial charge in [-0.15, -0.1) is 0 Å². The summed E-state index contributed by atoms with van der Waals surface area (Å²) in [6.07, 6.45) is -3.10. The van der Waals surface area contributed by atoms with Crippen LogP contribution in [0.2, 0.25) is 5.02 Å². The number of fused-ring (bicyclic) bond motifs is 3. The van der Waals surface area contributed by atoms with Crippen LogP contribution in [0.1, 0.15) is 38.7 Å². The molecule has 1 aromatic heterocycles. The number of anilines is 1. The van der Waals surface area contributed by atoms with Gasteiger partial charge in [0.05, 0.1) is 11.5 Å². The average Bonchev–Trinajstić information content (AvgIpc) is 3.36. The molecule has 4 aromatic rings. The van der Waals surface area contributed by atoms with Gasteiger partial charge >= 0.3 is 6.18 Å². The fourth-order valence-electron chi connectivity index (χ4n) is 4.38. The van der Waals surface area contributed by atoms with E-state index in [1.165, 1.54) is 18.2 Å². The van der Waals surface area contributed by atoms with Crippen LogP contribution in [-0.2, 0) is 6.18 Å². The van der Waals surface area contributed by atoms with Crippen LogP contribution >= 0.6 is 27.5 Å². The Morgan fingerprint density at radius 3 is 2.49 bits per heavy atom. The summed E-state index contributed by atoms with van der Waals surface area (Å²) in [6.45, 7) is 0. The van der Waals surface area contributed by atoms with E-state index in [-0.39, 0.29) is 5.69 Å². The second-order valence-corrected chi connectivity index (χ2v) is 9.32. The Hall–Kier alpha value is -3.17. The van der Waals surface area contributed by atoms with Gasteiger partial charge in [-0.2, -0.15) is 13.2 Å². The van der Waals surface area contributed by atoms with Crippen LogP contribution in [0.4, 0.5) is 27.6 Å². The first-order valence-corrected chi connectivity index (χ1v) is 11.3. The Kier molecular flexibility index (Phi) is 5.72. The Morgan fingerprint density at radius 2 is 1.74 bits per heavy atom. The normalized spacial score (nSPS) is 14.5. The molecular formula is C25H13BrClF5N2O. The maximum absolute atomic E-state index is 14.2. The Bertz CT molecular complexity index is 1500. The number of amides is 1. The maximum Gasteiger partial charge on any atom is 0.416 e. The lowest BCUT2D eigenvalue weighted by Gasteiger charge is -2.20. The summed E-state index contributed by atoms with van der Waals surface area (Å²) in [5.41, 5.74) is 1.72. The summed E-state index contributed by atoms with van der Waals surface area (Å²) in [7, 11) is 0. The van der Waals surface area contributed by atoms with Crippen LogP contribution in [0.3, 0.4) is 0 Å². The first-order chi connectivity index (χ1) is 16.5. The van der Waals surface area contributed by atoms with Gasteiger partial charge in [0.1, 0.15) is 11.6 Å². The zero-order valence-electron chi connectivity index (χ0n) is 17.4. The minimum atomic E-state index is -4.82. The zero-order chi connectivity index (χ0) is 25.1. The summed E-state index contributed by atoms with van der Waals surface area (Å²) < 4.78 is 68.1. The number of H-pyrrole nitrogens is 1. The number of halogens is 7. The third-order valence-corrected chi connectivity index (χ3v) is 6.60. The van der Waals surface area contributed by atoms with Gasteiger partial charge in [0, 0.05) is 38.2 Å². The number of rotatable bonds is 3. The van der Waals surface area contributed by atoms with Crippen LogP contribution in [-0.4, -0.2) is 10.9 Å². The van der Waals surface area contributed by atoms with E-state index < -0.39 is 40.8 Å². The molecule has 5 rings (SSSR count). The van der Waals surface area contributed by atoms with Crippen LogP contribution in [0, 0.1) is 11.6 Å². The molecule has 2 N–H and O–H groups in total. The number of nitrogens with one attached hydrogen (secondary N) is 2. The van der Waals surface area contributed by atoms with Crippen molar-refractivity contribution in [1.29, 1.82) is 0 Å². The van der Waals surface area contributed by atoms with E-state index in [4.69, 9.17) is 11.6 Å². The van der Waals surface area contributed by atoms with Crippen LogP contribution in [0.15, 0.2) is 65.3 Å². The van der Waals surface area contributed by atoms with E-state index in [9.17, 15) is 26.7 Å². The predicted molar refractivity (Wildman–Crippen MR) is 126 cm³/mol. The highest BCUT2D eigenvalue weighted by molar-refractivity contribution is 9.10. The van der Waals surface area contributed by atoms with Crippen molar-refractivity contribution >= 4 is 39.1 Å². The van der Waals surface area contributed by atoms with E-state index in [0.29, 0.717) is 44.0 Å². The average molecular weight is 568 g/mol. The Labute approximate surface area is 209 Å². The molecule has 0 bridgehead atoms. The van der Waals surface area contributed by atoms with Crippen LogP contribution in [0.25, 0.3) is 11.1 Å². The predicted octanol–water partition coefficient (Wildman–Crippen LogP) is 8.14. The van der Waals surface area contributed by atoms with Crippen molar-refractivity contribution in [1.82, 2.24) is 4.98 Å². The molecule has 1 unspecified atom stereocenters. The van der Waals surface area contributed by atoms with Gasteiger partial charge in [0.2, 0.25) is 0 Å². The molecule has 0 radical (unpaired) electrons. The number of aromatic nitrogens is 1. The fourth-order valence-corrected chi connectivity index (χ4v) is 5.07. The lowest BCUT2D eigenvalue weighted by molar-refractivity contribution is -0.137. The number of hydrogen-bond acceptors (Lipinski definition) is 1. The fraction of sp³-hybridized carbons (Fsp3) is 0.0800. The molecule has 0 saturated heterocycles. The largest absolute Gasteiger partial charge is 0.416 e. The van der Waals surface area contributed by atoms with E-state index in [2.05, 4.69) is 26.2 Å². The molecule has 35 heavy (non-hydrogen) atoms. The molecule has 1 amide bonds. The van der Waals surface area contributed by atoms with E-state index >= 15 is 0 Å². The van der Waals surface area contributed by atoms with Crippen LogP contribution < -0.4 is 5.32 Å². The SMILES string of the molecule is O=C(Nc1cc(Br)cc2c1C(c1cc(F)ccc1Cl)c1[nH]ccc1-2)c1cc(F)cc(C(F)(F)F)c1. The van der Waals surface area contributed by atoms with Crippen molar-refractivity contribution in [2.24, 2.45) is 0 Å². The first kappa shape index (κ1) is 23.6. The molecule has 0 saturated carbocycles. The number of carbonyl (C=O) groups is 1. The molecule has 1 atom stereocenters. The van der Waals surface area contributed by atoms with Crippen molar-refractivity contribution in [2.75, 3.05) is 5.32 Å². The second-order valence-electron chi connectivity index (χ2n) is 8.00. The molecule has 0 aliphatic heterocycles. The van der Waals surface area contributed by atoms with E-state index in [1.807, 2.05) is 12.1 Å². The second kappa shape index (κ2) is 8.49. The van der Waals surface area contributed by atoms with Crippen LogP contribution in [0.5, 0.6) is 0 Å². The molecule has 0 fully saturated rings. The van der Waals surface area contributed by atoms with E-state index in [1.54, 1.807) is 12.3 Å². The van der Waals surface area contributed by atoms with Gasteiger partial charge in [-0.05, 0) is 71.3 Å². The molecular weight excluding hydrogens is 555 g/mol. The molecule has 178 valence electrons. The molecule has 3 nitrogen and oxygen atoms in total. The van der Waals surface area contributed by atoms with Gasteiger partial charge in [-0.1, -0.05) is 27.5 Å². The number of aromatic amines is 1. The van der Waals surface area contributed by atoms with Gasteiger partial charge in [0.15, 0.2) is 0 Å². The van der Waals surface area contributed by atoms with Crippen molar-refractivity contribution in [2.45, 2.75) is 12.1 Å². The smallest absolute Gasteiger partial charge is 0.364 e. The van der Waals surface area contributed by atoms with Crippen molar-refractivity contribution in [3.8, 4) is 11.1 Å². The van der Waals surface area contributed by atoms with Crippen molar-refractivity contribution in [3.05, 3.63) is 110 Å². The highest BCUT2D eigenvalue weighted by atomic mass is 79.9. The molecule has 3 aromatic carbocycles. The topological polar surface area (TPSA) is 44.9 Å². The summed E-state index contributed by atoms with van der Waals surface area (Å²) in [4.78, 5) is 16.1. The maximum atomic E-state index is 14.2. The summed E-state index contributed by atoms with van der Waals surface area (Å²) in [6, 6.07) is 10.8. The van der Waals surface area contributed by atoms with Crippen molar-refractivity contribution < 1.29 is 26.7 Å². The Morgan fingerprint density at radius 1 is 0.971 bits per heavy atom. The summed E-state index contributed by atoms with van der Waals surface area (Å²) >= 11 is 9.81. The number of hydrogen-bond donors (Lipinski definition) is 2. The summed E-state index contributed by atoms with van der Waals surface area (Å²) in [5, 5.41) is 2.91. The minimum absolute atomic E-state index is 0.257. The monoisotopic (exact) mass is 566 g/mol. The lowest BCUT2D eigenvalue weighted by Crippen LogP contribution is -2.16. The third kappa shape index (κ3) is 4.23. The molecule has 1 aliphatic carbocycles. The standard InChI is InChI=1S/C25H13BrClF5N2O/c26-13-8-17-16-3-4-33-23(16)22(18-10-14(28)1-2-19(18)27)21(17)20(9-13)34-24(35)11-5-12(25(30,31)32)7-15(29)6-11/h1-10,22,33H,(H,34,35). The summed E-state index contributed by atoms with van der Waals surface area (Å²) in [5.74, 6) is -3.23. The van der Waals surface area contributed by atoms with Crippen molar-refractivity contribution in [3.63, 3.8) is 0 Å². The molecule has 0 spiro atoms. The quantitative estimate of drug-likeness (QED) is 0.212. The lowest BCUT2D eigenvalue weighted by atomic mass is 9.90. The number of benzene rings is 3. The zero-order valence-corrected chi connectivity index (χ0v) is 19.7. The van der Waals surface area contributed by atoms with Gasteiger partial charge in [0.25, 0.3) is 5.91 Å². The first-order valence-electron chi connectivity index (χ1n) is 10.2. The Balaban J connectivity index is 1.64. The third-order valence-electron chi connectivity index (χ3n) is 5.80. The minimum Gasteiger partial charge on any atom is -0.364 e. The number of carbonyl (C=O) groups excluding carboxylic acids is 1. The highest BCUT2D eigenvalue weighted by Gasteiger charge is 2.36. The van der Waals surface area contributed by atoms with Gasteiger partial charge in [-0.3, -0.25) is 4.79 Å². The van der Waals surface area contributed by atoms with Gasteiger partial charge < -0.3 is 10.3 Å². The van der Waals surface area contributed by atoms with Gasteiger partial charge in [-0.25, -0.2) is 8.78 Å². The van der Waals surface area contributed by atoms with E-state index in [0.717, 1.165) is 11.6 Å². The molecule has 1 aliphatic rings. The number of alkyl halides is 3. The molecule has 1 heterocycles.